The number of halogens is 2. The van der Waals surface area contributed by atoms with Gasteiger partial charge in [0.15, 0.2) is 6.29 Å². The van der Waals surface area contributed by atoms with E-state index in [4.69, 9.17) is 9.47 Å². The Labute approximate surface area is 192 Å². The van der Waals surface area contributed by atoms with Crippen molar-refractivity contribution in [2.45, 2.75) is 25.6 Å². The van der Waals surface area contributed by atoms with E-state index in [0.29, 0.717) is 28.9 Å². The van der Waals surface area contributed by atoms with Crippen LogP contribution in [-0.2, 0) is 19.1 Å². The van der Waals surface area contributed by atoms with E-state index >= 15 is 0 Å². The molecule has 0 saturated carbocycles. The second-order valence-electron chi connectivity index (χ2n) is 7.19. The highest BCUT2D eigenvalue weighted by Crippen LogP contribution is 2.36. The number of carbonyl (C=O) groups is 2. The van der Waals surface area contributed by atoms with Gasteiger partial charge in [-0.1, -0.05) is 56.1 Å². The number of benzene rings is 2. The molecule has 2 aliphatic heterocycles. The Kier molecular flexibility index (Phi) is 6.83. The van der Waals surface area contributed by atoms with Crippen LogP contribution in [-0.4, -0.2) is 42.8 Å². The molecule has 1 atom stereocenters. The van der Waals surface area contributed by atoms with Crippen molar-refractivity contribution in [3.63, 3.8) is 0 Å². The van der Waals surface area contributed by atoms with Crippen LogP contribution in [0.25, 0.3) is 11.1 Å². The molecule has 0 aromatic heterocycles. The molecule has 2 amide bonds. The lowest BCUT2D eigenvalue weighted by atomic mass is 9.96. The lowest BCUT2D eigenvalue weighted by molar-refractivity contribution is -0.166. The first-order valence-corrected chi connectivity index (χ1v) is 11.5. The average Bonchev–Trinajstić information content (AvgIpc) is 3.00. The van der Waals surface area contributed by atoms with Crippen LogP contribution in [0.5, 0.6) is 0 Å². The molecule has 1 fully saturated rings. The van der Waals surface area contributed by atoms with Gasteiger partial charge in [0.05, 0.1) is 24.3 Å². The second-order valence-corrected chi connectivity index (χ2v) is 9.02. The van der Waals surface area contributed by atoms with Gasteiger partial charge in [-0.15, -0.1) is 0 Å². The fourth-order valence-corrected chi connectivity index (χ4v) is 4.19. The third-order valence-corrected chi connectivity index (χ3v) is 6.25. The Morgan fingerprint density at radius 1 is 0.867 bits per heavy atom. The summed E-state index contributed by atoms with van der Waals surface area (Å²) in [6.45, 7) is 1.14. The van der Waals surface area contributed by atoms with E-state index < -0.39 is 0 Å². The van der Waals surface area contributed by atoms with Crippen LogP contribution in [0.2, 0.25) is 0 Å². The molecule has 1 unspecified atom stereocenters. The van der Waals surface area contributed by atoms with Crippen LogP contribution in [0.4, 0.5) is 0 Å². The monoisotopic (exact) mass is 533 g/mol. The first kappa shape index (κ1) is 21.4. The van der Waals surface area contributed by atoms with E-state index in [1.54, 1.807) is 0 Å². The summed E-state index contributed by atoms with van der Waals surface area (Å²) < 4.78 is 13.1. The number of rotatable bonds is 6. The van der Waals surface area contributed by atoms with Gasteiger partial charge in [0.25, 0.3) is 11.8 Å². The van der Waals surface area contributed by atoms with Crippen molar-refractivity contribution in [2.75, 3.05) is 19.8 Å². The van der Waals surface area contributed by atoms with E-state index in [2.05, 4.69) is 31.9 Å². The third-order valence-electron chi connectivity index (χ3n) is 5.19. The molecule has 2 aromatic rings. The molecule has 0 spiro atoms. The maximum Gasteiger partial charge on any atom is 0.262 e. The molecule has 1 saturated heterocycles. The normalized spacial score (nSPS) is 19.7. The largest absolute Gasteiger partial charge is 0.353 e. The van der Waals surface area contributed by atoms with Crippen LogP contribution in [0.15, 0.2) is 57.5 Å². The fraction of sp³-hybridized carbons (Fsp3) is 0.304. The molecule has 7 heteroatoms. The molecule has 2 aromatic carbocycles. The van der Waals surface area contributed by atoms with Crippen molar-refractivity contribution in [3.05, 3.63) is 68.6 Å². The van der Waals surface area contributed by atoms with E-state index in [9.17, 15) is 9.59 Å². The predicted octanol–water partition coefficient (Wildman–Crippen LogP) is 5.03. The molecule has 0 bridgehead atoms. The van der Waals surface area contributed by atoms with Gasteiger partial charge < -0.3 is 9.47 Å². The molecule has 5 nitrogen and oxygen atoms in total. The summed E-state index contributed by atoms with van der Waals surface area (Å²) in [6, 6.07) is 14.9. The van der Waals surface area contributed by atoms with Crippen LogP contribution in [0.3, 0.4) is 0 Å². The Hall–Kier alpha value is -1.80. The highest BCUT2D eigenvalue weighted by atomic mass is 79.9. The molecule has 0 N–H and O–H groups in total. The second kappa shape index (κ2) is 9.56. The van der Waals surface area contributed by atoms with Gasteiger partial charge >= 0.3 is 0 Å². The Balaban J connectivity index is 1.60. The molecule has 156 valence electrons. The zero-order chi connectivity index (χ0) is 21.1. The SMILES string of the molecule is O=C1C(c2ccc(Br)cc2)=C(c2ccc(Br)cc2)C(=O)N1CCOC1CCCCO1. The first-order chi connectivity index (χ1) is 14.5. The average molecular weight is 535 g/mol. The van der Waals surface area contributed by atoms with Crippen molar-refractivity contribution in [2.24, 2.45) is 0 Å². The number of amides is 2. The minimum atomic E-state index is -0.298. The zero-order valence-corrected chi connectivity index (χ0v) is 19.4. The summed E-state index contributed by atoms with van der Waals surface area (Å²) >= 11 is 6.84. The van der Waals surface area contributed by atoms with Gasteiger partial charge in [0.1, 0.15) is 0 Å². The van der Waals surface area contributed by atoms with Crippen LogP contribution >= 0.6 is 31.9 Å². The number of hydrogen-bond acceptors (Lipinski definition) is 4. The smallest absolute Gasteiger partial charge is 0.262 e. The van der Waals surface area contributed by atoms with Crippen molar-refractivity contribution >= 4 is 54.8 Å². The maximum absolute atomic E-state index is 13.3. The van der Waals surface area contributed by atoms with Crippen molar-refractivity contribution in [1.82, 2.24) is 4.90 Å². The molecule has 2 heterocycles. The Morgan fingerprint density at radius 3 is 1.87 bits per heavy atom. The number of carbonyl (C=O) groups excluding carboxylic acids is 2. The molecule has 30 heavy (non-hydrogen) atoms. The molecule has 0 aliphatic carbocycles. The summed E-state index contributed by atoms with van der Waals surface area (Å²) in [6.07, 6.45) is 2.69. The summed E-state index contributed by atoms with van der Waals surface area (Å²) in [5, 5.41) is 0. The third kappa shape index (κ3) is 4.59. The van der Waals surface area contributed by atoms with E-state index in [0.717, 1.165) is 28.2 Å². The standard InChI is InChI=1S/C23H21Br2NO4/c24-17-8-4-15(5-9-17)20-21(16-6-10-18(25)11-7-16)23(28)26(22(20)27)12-14-30-19-3-1-2-13-29-19/h4-11,19H,1-3,12-14H2. The molecule has 2 aliphatic rings. The van der Waals surface area contributed by atoms with Crippen LogP contribution in [0.1, 0.15) is 30.4 Å². The summed E-state index contributed by atoms with van der Waals surface area (Å²) in [4.78, 5) is 27.8. The lowest BCUT2D eigenvalue weighted by Gasteiger charge is -2.24. The van der Waals surface area contributed by atoms with Gasteiger partial charge in [0.2, 0.25) is 0 Å². The lowest BCUT2D eigenvalue weighted by Crippen LogP contribution is -2.36. The van der Waals surface area contributed by atoms with Gasteiger partial charge in [-0.2, -0.15) is 0 Å². The van der Waals surface area contributed by atoms with Gasteiger partial charge in [-0.25, -0.2) is 0 Å². The predicted molar refractivity (Wildman–Crippen MR) is 121 cm³/mol. The van der Waals surface area contributed by atoms with Crippen molar-refractivity contribution in [3.8, 4) is 0 Å². The van der Waals surface area contributed by atoms with E-state index in [-0.39, 0.29) is 31.3 Å². The highest BCUT2D eigenvalue weighted by molar-refractivity contribution is 9.10. The maximum atomic E-state index is 13.3. The molecular weight excluding hydrogens is 514 g/mol. The van der Waals surface area contributed by atoms with E-state index in [1.165, 1.54) is 4.90 Å². The summed E-state index contributed by atoms with van der Waals surface area (Å²) in [7, 11) is 0. The Morgan fingerprint density at radius 2 is 1.40 bits per heavy atom. The van der Waals surface area contributed by atoms with Crippen molar-refractivity contribution < 1.29 is 19.1 Å². The van der Waals surface area contributed by atoms with Crippen LogP contribution < -0.4 is 0 Å². The zero-order valence-electron chi connectivity index (χ0n) is 16.3. The minimum Gasteiger partial charge on any atom is -0.353 e. The Bertz CT molecular complexity index is 896. The first-order valence-electron chi connectivity index (χ1n) is 9.90. The van der Waals surface area contributed by atoms with E-state index in [1.807, 2.05) is 48.5 Å². The number of imide groups is 1. The fourth-order valence-electron chi connectivity index (χ4n) is 3.67. The summed E-state index contributed by atoms with van der Waals surface area (Å²) in [5.74, 6) is -0.596. The number of ether oxygens (including phenoxy) is 2. The molecule has 4 rings (SSSR count). The number of nitrogens with zero attached hydrogens (tertiary/aromatic N) is 1. The van der Waals surface area contributed by atoms with Crippen molar-refractivity contribution in [1.29, 1.82) is 0 Å². The van der Waals surface area contributed by atoms with Gasteiger partial charge in [0, 0.05) is 15.6 Å². The minimum absolute atomic E-state index is 0.192. The quantitative estimate of drug-likeness (QED) is 0.487. The molecular formula is C23H21Br2NO4. The van der Waals surface area contributed by atoms with Crippen LogP contribution in [0, 0.1) is 0 Å². The molecule has 0 radical (unpaired) electrons. The van der Waals surface area contributed by atoms with Gasteiger partial charge in [-0.3, -0.25) is 14.5 Å². The van der Waals surface area contributed by atoms with Gasteiger partial charge in [-0.05, 0) is 54.7 Å². The highest BCUT2D eigenvalue weighted by Gasteiger charge is 2.39. The summed E-state index contributed by atoms with van der Waals surface area (Å²) in [5.41, 5.74) is 2.27. The number of hydrogen-bond donors (Lipinski definition) is 0. The topological polar surface area (TPSA) is 55.8 Å².